The van der Waals surface area contributed by atoms with Crippen molar-refractivity contribution >= 4 is 0 Å². The van der Waals surface area contributed by atoms with Crippen LogP contribution in [0.25, 0.3) is 0 Å². The SMILES string of the molecule is OC1=CC(c2ccccc2)CCC1. The van der Waals surface area contributed by atoms with E-state index in [-0.39, 0.29) is 0 Å². The molecule has 1 heteroatoms. The van der Waals surface area contributed by atoms with Crippen molar-refractivity contribution in [2.24, 2.45) is 0 Å². The summed E-state index contributed by atoms with van der Waals surface area (Å²) in [5, 5.41) is 9.40. The summed E-state index contributed by atoms with van der Waals surface area (Å²) in [4.78, 5) is 0. The van der Waals surface area contributed by atoms with Gasteiger partial charge in [-0.3, -0.25) is 0 Å². The van der Waals surface area contributed by atoms with Crippen molar-refractivity contribution in [2.45, 2.75) is 25.2 Å². The first kappa shape index (κ1) is 8.36. The van der Waals surface area contributed by atoms with E-state index in [1.165, 1.54) is 5.56 Å². The van der Waals surface area contributed by atoms with Crippen molar-refractivity contribution in [3.63, 3.8) is 0 Å². The second kappa shape index (κ2) is 3.65. The van der Waals surface area contributed by atoms with Gasteiger partial charge in [0.1, 0.15) is 0 Å². The lowest BCUT2D eigenvalue weighted by atomic mass is 9.89. The van der Waals surface area contributed by atoms with Crippen molar-refractivity contribution < 1.29 is 5.11 Å². The Morgan fingerprint density at radius 2 is 1.92 bits per heavy atom. The molecule has 1 aromatic carbocycles. The monoisotopic (exact) mass is 174 g/mol. The number of benzene rings is 1. The quantitative estimate of drug-likeness (QED) is 0.691. The Morgan fingerprint density at radius 3 is 2.62 bits per heavy atom. The van der Waals surface area contributed by atoms with Crippen LogP contribution < -0.4 is 0 Å². The number of aliphatic hydroxyl groups is 1. The molecule has 1 aliphatic rings. The number of rotatable bonds is 1. The zero-order valence-electron chi connectivity index (χ0n) is 7.61. The van der Waals surface area contributed by atoms with Crippen molar-refractivity contribution in [3.8, 4) is 0 Å². The highest BCUT2D eigenvalue weighted by Gasteiger charge is 2.13. The van der Waals surface area contributed by atoms with Gasteiger partial charge in [0.25, 0.3) is 0 Å². The van der Waals surface area contributed by atoms with Gasteiger partial charge in [-0.2, -0.15) is 0 Å². The van der Waals surface area contributed by atoms with Gasteiger partial charge in [-0.1, -0.05) is 30.3 Å². The highest BCUT2D eigenvalue weighted by atomic mass is 16.3. The highest BCUT2D eigenvalue weighted by molar-refractivity contribution is 5.25. The average molecular weight is 174 g/mol. The molecule has 0 aliphatic heterocycles. The van der Waals surface area contributed by atoms with Crippen molar-refractivity contribution in [2.75, 3.05) is 0 Å². The fourth-order valence-corrected chi connectivity index (χ4v) is 1.87. The first-order valence-electron chi connectivity index (χ1n) is 4.81. The van der Waals surface area contributed by atoms with Crippen molar-refractivity contribution in [1.82, 2.24) is 0 Å². The Balaban J connectivity index is 2.22. The van der Waals surface area contributed by atoms with Crippen molar-refractivity contribution in [1.29, 1.82) is 0 Å². The Kier molecular flexibility index (Phi) is 2.35. The van der Waals surface area contributed by atoms with E-state index in [0.717, 1.165) is 19.3 Å². The summed E-state index contributed by atoms with van der Waals surface area (Å²) in [6.07, 6.45) is 5.10. The van der Waals surface area contributed by atoms with Crippen LogP contribution in [0.4, 0.5) is 0 Å². The Labute approximate surface area is 78.7 Å². The Bertz CT molecular complexity index is 300. The maximum absolute atomic E-state index is 9.40. The van der Waals surface area contributed by atoms with Gasteiger partial charge in [0.2, 0.25) is 0 Å². The van der Waals surface area contributed by atoms with Gasteiger partial charge in [0.05, 0.1) is 5.76 Å². The Morgan fingerprint density at radius 1 is 1.15 bits per heavy atom. The van der Waals surface area contributed by atoms with E-state index in [0.29, 0.717) is 11.7 Å². The van der Waals surface area contributed by atoms with Crippen LogP contribution in [0.1, 0.15) is 30.7 Å². The lowest BCUT2D eigenvalue weighted by molar-refractivity contribution is 0.362. The fraction of sp³-hybridized carbons (Fsp3) is 0.333. The number of aliphatic hydroxyl groups excluding tert-OH is 1. The van der Waals surface area contributed by atoms with Crippen LogP contribution in [0.15, 0.2) is 42.2 Å². The zero-order chi connectivity index (χ0) is 9.10. The van der Waals surface area contributed by atoms with Crippen LogP contribution in [-0.2, 0) is 0 Å². The summed E-state index contributed by atoms with van der Waals surface area (Å²) < 4.78 is 0. The van der Waals surface area contributed by atoms with Crippen LogP contribution in [0.3, 0.4) is 0 Å². The summed E-state index contributed by atoms with van der Waals surface area (Å²) in [5.41, 5.74) is 1.31. The summed E-state index contributed by atoms with van der Waals surface area (Å²) in [7, 11) is 0. The lowest BCUT2D eigenvalue weighted by Crippen LogP contribution is -2.02. The molecule has 1 aliphatic carbocycles. The molecule has 0 radical (unpaired) electrons. The average Bonchev–Trinajstić information content (AvgIpc) is 2.19. The largest absolute Gasteiger partial charge is 0.513 e. The van der Waals surface area contributed by atoms with Crippen molar-refractivity contribution in [3.05, 3.63) is 47.7 Å². The zero-order valence-corrected chi connectivity index (χ0v) is 7.61. The molecule has 13 heavy (non-hydrogen) atoms. The van der Waals surface area contributed by atoms with E-state index in [4.69, 9.17) is 0 Å². The van der Waals surface area contributed by atoms with E-state index in [9.17, 15) is 5.11 Å². The Hall–Kier alpha value is -1.24. The van der Waals surface area contributed by atoms with Gasteiger partial charge in [0, 0.05) is 12.3 Å². The van der Waals surface area contributed by atoms with Gasteiger partial charge in [-0.05, 0) is 24.5 Å². The van der Waals surface area contributed by atoms with Gasteiger partial charge >= 0.3 is 0 Å². The number of hydrogen-bond acceptors (Lipinski definition) is 1. The summed E-state index contributed by atoms with van der Waals surface area (Å²) in [6.45, 7) is 0. The molecule has 0 spiro atoms. The smallest absolute Gasteiger partial charge is 0.0889 e. The third kappa shape index (κ3) is 1.92. The lowest BCUT2D eigenvalue weighted by Gasteiger charge is -2.18. The molecule has 0 saturated carbocycles. The van der Waals surface area contributed by atoms with Crippen LogP contribution in [0.5, 0.6) is 0 Å². The van der Waals surface area contributed by atoms with E-state index in [2.05, 4.69) is 24.3 Å². The minimum Gasteiger partial charge on any atom is -0.513 e. The molecule has 1 nitrogen and oxygen atoms in total. The van der Waals surface area contributed by atoms with Crippen LogP contribution in [0.2, 0.25) is 0 Å². The highest BCUT2D eigenvalue weighted by Crippen LogP contribution is 2.29. The predicted octanol–water partition coefficient (Wildman–Crippen LogP) is 3.40. The van der Waals surface area contributed by atoms with E-state index in [1.54, 1.807) is 0 Å². The summed E-state index contributed by atoms with van der Waals surface area (Å²) in [5.74, 6) is 0.982. The fourth-order valence-electron chi connectivity index (χ4n) is 1.87. The second-order valence-electron chi connectivity index (χ2n) is 3.57. The molecule has 0 aromatic heterocycles. The van der Waals surface area contributed by atoms with Crippen LogP contribution in [-0.4, -0.2) is 5.11 Å². The number of allylic oxidation sites excluding steroid dienone is 2. The first-order chi connectivity index (χ1) is 6.36. The molecule has 2 rings (SSSR count). The molecule has 1 N–H and O–H groups in total. The normalized spacial score (nSPS) is 22.5. The molecule has 1 unspecified atom stereocenters. The van der Waals surface area contributed by atoms with E-state index < -0.39 is 0 Å². The van der Waals surface area contributed by atoms with Crippen LogP contribution >= 0.6 is 0 Å². The van der Waals surface area contributed by atoms with Gasteiger partial charge in [-0.15, -0.1) is 0 Å². The molecule has 0 heterocycles. The predicted molar refractivity (Wildman–Crippen MR) is 53.7 cm³/mol. The molecule has 68 valence electrons. The molecule has 0 bridgehead atoms. The first-order valence-corrected chi connectivity index (χ1v) is 4.81. The summed E-state index contributed by atoms with van der Waals surface area (Å²) in [6, 6.07) is 10.4. The standard InChI is InChI=1S/C12H14O/c13-12-8-4-7-11(9-12)10-5-2-1-3-6-10/h1-3,5-6,9,11,13H,4,7-8H2. The van der Waals surface area contributed by atoms with Gasteiger partial charge in [0.15, 0.2) is 0 Å². The minimum atomic E-state index is 0.426. The minimum absolute atomic E-state index is 0.426. The molecule has 0 saturated heterocycles. The van der Waals surface area contributed by atoms with Gasteiger partial charge in [-0.25, -0.2) is 0 Å². The van der Waals surface area contributed by atoms with E-state index in [1.807, 2.05) is 12.1 Å². The molecule has 0 amide bonds. The third-order valence-electron chi connectivity index (χ3n) is 2.57. The third-order valence-corrected chi connectivity index (χ3v) is 2.57. The van der Waals surface area contributed by atoms with E-state index >= 15 is 0 Å². The molecule has 1 aromatic rings. The maximum Gasteiger partial charge on any atom is 0.0889 e. The molecule has 1 atom stereocenters. The molecular formula is C12H14O. The van der Waals surface area contributed by atoms with Gasteiger partial charge < -0.3 is 5.11 Å². The molecular weight excluding hydrogens is 160 g/mol. The summed E-state index contributed by atoms with van der Waals surface area (Å²) >= 11 is 0. The van der Waals surface area contributed by atoms with Crippen LogP contribution in [0, 0.1) is 0 Å². The number of hydrogen-bond donors (Lipinski definition) is 1. The maximum atomic E-state index is 9.40. The topological polar surface area (TPSA) is 20.2 Å². The molecule has 0 fully saturated rings. The second-order valence-corrected chi connectivity index (χ2v) is 3.57.